The Bertz CT molecular complexity index is 542. The molecule has 0 saturated carbocycles. The molecule has 2 heterocycles. The second-order valence-electron chi connectivity index (χ2n) is 4.45. The number of carbonyl (C=O) groups is 1. The van der Waals surface area contributed by atoms with Crippen molar-refractivity contribution in [2.24, 2.45) is 0 Å². The third-order valence-corrected chi connectivity index (χ3v) is 3.83. The molecule has 1 fully saturated rings. The van der Waals surface area contributed by atoms with Gasteiger partial charge in [0.25, 0.3) is 0 Å². The summed E-state index contributed by atoms with van der Waals surface area (Å²) < 4.78 is 0. The van der Waals surface area contributed by atoms with Gasteiger partial charge in [-0.25, -0.2) is 4.79 Å². The summed E-state index contributed by atoms with van der Waals surface area (Å²) in [7, 11) is 0. The Morgan fingerprint density at radius 1 is 1.17 bits per heavy atom. The monoisotopic (exact) mass is 282 g/mol. The van der Waals surface area contributed by atoms with Crippen LogP contribution in [0.1, 0.15) is 12.8 Å². The van der Waals surface area contributed by atoms with E-state index in [1.54, 1.807) is 23.1 Å². The second kappa shape index (κ2) is 4.48. The first kappa shape index (κ1) is 11.9. The van der Waals surface area contributed by atoms with E-state index < -0.39 is 0 Å². The molecule has 18 heavy (non-hydrogen) atoms. The Labute approximate surface area is 116 Å². The van der Waals surface area contributed by atoms with Gasteiger partial charge < -0.3 is 0 Å². The molecule has 0 unspecified atom stereocenters. The highest BCUT2D eigenvalue weighted by atomic mass is 35.5. The van der Waals surface area contributed by atoms with Gasteiger partial charge in [0.2, 0.25) is 0 Å². The molecule has 0 aliphatic carbocycles. The fourth-order valence-corrected chi connectivity index (χ4v) is 2.91. The van der Waals surface area contributed by atoms with Crippen LogP contribution < -0.4 is 4.90 Å². The first-order chi connectivity index (χ1) is 8.66. The number of rotatable bonds is 1. The molecule has 0 atom stereocenters. The Morgan fingerprint density at radius 3 is 2.72 bits per heavy atom. The minimum atomic E-state index is 0.00479. The number of fused-ring (bicyclic) bond motifs is 1. The average Bonchev–Trinajstić information content (AvgIpc) is 2.68. The predicted molar refractivity (Wildman–Crippen MR) is 73.2 cm³/mol. The number of halogens is 2. The van der Waals surface area contributed by atoms with Crippen LogP contribution >= 0.6 is 23.2 Å². The Balaban J connectivity index is 1.96. The molecule has 0 aromatic heterocycles. The molecule has 0 bridgehead atoms. The van der Waals surface area contributed by atoms with Crippen molar-refractivity contribution in [3.63, 3.8) is 0 Å². The van der Waals surface area contributed by atoms with E-state index in [0.717, 1.165) is 30.8 Å². The summed E-state index contributed by atoms with van der Waals surface area (Å²) in [6.45, 7) is 1.40. The number of nitrogens with zero attached hydrogens (tertiary/aromatic N) is 2. The van der Waals surface area contributed by atoms with Crippen LogP contribution in [0.4, 0.5) is 10.5 Å². The molecule has 2 aliphatic heterocycles. The van der Waals surface area contributed by atoms with Gasteiger partial charge in [-0.15, -0.1) is 0 Å². The van der Waals surface area contributed by atoms with E-state index in [4.69, 9.17) is 23.2 Å². The number of hydrogen-bond donors (Lipinski definition) is 0. The van der Waals surface area contributed by atoms with E-state index in [9.17, 15) is 4.79 Å². The fourth-order valence-electron chi connectivity index (χ4n) is 2.40. The highest BCUT2D eigenvalue weighted by Crippen LogP contribution is 2.34. The summed E-state index contributed by atoms with van der Waals surface area (Å²) in [5.41, 5.74) is 1.80. The minimum absolute atomic E-state index is 0.00479. The number of carbonyl (C=O) groups excluding carboxylic acids is 1. The van der Waals surface area contributed by atoms with Crippen molar-refractivity contribution in [3.05, 3.63) is 40.0 Å². The summed E-state index contributed by atoms with van der Waals surface area (Å²) in [5.74, 6) is 0. The molecular weight excluding hydrogens is 271 g/mol. The Kier molecular flexibility index (Phi) is 2.96. The number of urea groups is 1. The van der Waals surface area contributed by atoms with Crippen molar-refractivity contribution in [3.8, 4) is 0 Å². The van der Waals surface area contributed by atoms with Gasteiger partial charge in [0, 0.05) is 17.3 Å². The molecule has 0 radical (unpaired) electrons. The number of amides is 2. The first-order valence-corrected chi connectivity index (χ1v) is 6.65. The van der Waals surface area contributed by atoms with Gasteiger partial charge in [-0.3, -0.25) is 9.80 Å². The number of anilines is 1. The van der Waals surface area contributed by atoms with Crippen molar-refractivity contribution < 1.29 is 4.79 Å². The maximum absolute atomic E-state index is 12.3. The molecule has 3 nitrogen and oxygen atoms in total. The topological polar surface area (TPSA) is 23.6 Å². The molecule has 2 amide bonds. The van der Waals surface area contributed by atoms with Crippen LogP contribution in [-0.2, 0) is 0 Å². The quantitative estimate of drug-likeness (QED) is 0.766. The summed E-state index contributed by atoms with van der Waals surface area (Å²) in [4.78, 5) is 15.8. The smallest absolute Gasteiger partial charge is 0.296 e. The van der Waals surface area contributed by atoms with E-state index in [1.165, 1.54) is 0 Å². The lowest BCUT2D eigenvalue weighted by Crippen LogP contribution is -2.32. The van der Waals surface area contributed by atoms with Crippen molar-refractivity contribution in [1.29, 1.82) is 0 Å². The van der Waals surface area contributed by atoms with Crippen LogP contribution in [0.2, 0.25) is 10.0 Å². The van der Waals surface area contributed by atoms with Crippen LogP contribution in [0.5, 0.6) is 0 Å². The van der Waals surface area contributed by atoms with E-state index in [1.807, 2.05) is 4.90 Å². The molecule has 1 aromatic rings. The zero-order valence-corrected chi connectivity index (χ0v) is 11.2. The van der Waals surface area contributed by atoms with E-state index in [0.29, 0.717) is 16.6 Å². The van der Waals surface area contributed by atoms with Crippen molar-refractivity contribution in [2.45, 2.75) is 12.8 Å². The molecule has 2 aliphatic rings. The molecule has 1 saturated heterocycles. The van der Waals surface area contributed by atoms with E-state index in [-0.39, 0.29) is 6.03 Å². The summed E-state index contributed by atoms with van der Waals surface area (Å²) in [6.07, 6.45) is 4.20. The van der Waals surface area contributed by atoms with Crippen molar-refractivity contribution >= 4 is 34.9 Å². The Hall–Kier alpha value is -1.19. The summed E-state index contributed by atoms with van der Waals surface area (Å²) in [6, 6.07) is 5.21. The van der Waals surface area contributed by atoms with Crippen LogP contribution in [0, 0.1) is 0 Å². The molecular formula is C13H12Cl2N2O. The van der Waals surface area contributed by atoms with Crippen LogP contribution in [0.15, 0.2) is 30.0 Å². The standard InChI is InChI=1S/C13H12Cl2N2O/c14-9-4-5-12(11(15)7-9)17-8-10-3-1-2-6-16(10)13(17)18/h3-5,7H,1-2,6,8H2. The molecule has 0 spiro atoms. The van der Waals surface area contributed by atoms with Crippen molar-refractivity contribution in [1.82, 2.24) is 4.90 Å². The average molecular weight is 283 g/mol. The molecule has 1 aromatic carbocycles. The maximum atomic E-state index is 12.3. The van der Waals surface area contributed by atoms with Gasteiger partial charge in [0.1, 0.15) is 0 Å². The lowest BCUT2D eigenvalue weighted by molar-refractivity contribution is 0.225. The van der Waals surface area contributed by atoms with Gasteiger partial charge >= 0.3 is 6.03 Å². The largest absolute Gasteiger partial charge is 0.329 e. The maximum Gasteiger partial charge on any atom is 0.329 e. The summed E-state index contributed by atoms with van der Waals surface area (Å²) >= 11 is 12.0. The zero-order chi connectivity index (χ0) is 12.7. The highest BCUT2D eigenvalue weighted by Gasteiger charge is 2.35. The number of allylic oxidation sites excluding steroid dienone is 1. The lowest BCUT2D eigenvalue weighted by Gasteiger charge is -2.21. The van der Waals surface area contributed by atoms with Gasteiger partial charge in [0.05, 0.1) is 17.3 Å². The Morgan fingerprint density at radius 2 is 2.00 bits per heavy atom. The number of hydrogen-bond acceptors (Lipinski definition) is 1. The third-order valence-electron chi connectivity index (χ3n) is 3.29. The second-order valence-corrected chi connectivity index (χ2v) is 5.30. The highest BCUT2D eigenvalue weighted by molar-refractivity contribution is 6.36. The lowest BCUT2D eigenvalue weighted by atomic mass is 10.2. The summed E-state index contributed by atoms with van der Waals surface area (Å²) in [5, 5.41) is 1.09. The SMILES string of the molecule is O=C1N2CCCC=C2CN1c1ccc(Cl)cc1Cl. The fraction of sp³-hybridized carbons (Fsp3) is 0.308. The molecule has 3 rings (SSSR count). The molecule has 94 valence electrons. The normalized spacial score (nSPS) is 19.0. The minimum Gasteiger partial charge on any atom is -0.296 e. The van der Waals surface area contributed by atoms with Crippen molar-refractivity contribution in [2.75, 3.05) is 18.0 Å². The predicted octanol–water partition coefficient (Wildman–Crippen LogP) is 3.91. The molecule has 5 heteroatoms. The van der Waals surface area contributed by atoms with E-state index in [2.05, 4.69) is 6.08 Å². The van der Waals surface area contributed by atoms with Gasteiger partial charge in [-0.2, -0.15) is 0 Å². The van der Waals surface area contributed by atoms with Crippen LogP contribution in [0.3, 0.4) is 0 Å². The number of benzene rings is 1. The zero-order valence-electron chi connectivity index (χ0n) is 9.70. The molecule has 0 N–H and O–H groups in total. The van der Waals surface area contributed by atoms with Gasteiger partial charge in [-0.05, 0) is 31.0 Å². The van der Waals surface area contributed by atoms with E-state index >= 15 is 0 Å². The van der Waals surface area contributed by atoms with Gasteiger partial charge in [-0.1, -0.05) is 29.3 Å². The van der Waals surface area contributed by atoms with Crippen LogP contribution in [0.25, 0.3) is 0 Å². The third kappa shape index (κ3) is 1.88. The van der Waals surface area contributed by atoms with Gasteiger partial charge in [0.15, 0.2) is 0 Å². The van der Waals surface area contributed by atoms with Crippen LogP contribution in [-0.4, -0.2) is 24.0 Å². The first-order valence-electron chi connectivity index (χ1n) is 5.90.